The van der Waals surface area contributed by atoms with Crippen molar-refractivity contribution in [1.29, 1.82) is 5.26 Å². The van der Waals surface area contributed by atoms with Crippen molar-refractivity contribution in [2.75, 3.05) is 4.90 Å². The molecule has 2 aromatic heterocycles. The van der Waals surface area contributed by atoms with Crippen molar-refractivity contribution in [3.8, 4) is 28.7 Å². The van der Waals surface area contributed by atoms with Crippen LogP contribution in [0.25, 0.3) is 71.2 Å². The van der Waals surface area contributed by atoms with Gasteiger partial charge in [-0.1, -0.05) is 42.5 Å². The topological polar surface area (TPSA) is 90.8 Å². The number of benzene rings is 7. The van der Waals surface area contributed by atoms with Crippen LogP contribution in [-0.2, 0) is 6.61 Å². The molecule has 0 spiro atoms. The van der Waals surface area contributed by atoms with Crippen LogP contribution in [-0.4, -0.2) is 10.1 Å². The molecule has 0 aliphatic carbocycles. The van der Waals surface area contributed by atoms with Crippen LogP contribution in [0.15, 0.2) is 148 Å². The molecule has 2 heterocycles. The summed E-state index contributed by atoms with van der Waals surface area (Å²) in [7, 11) is 0. The smallest absolute Gasteiger partial charge is 0.227 e. The molecule has 7 aromatic carbocycles. The third-order valence-electron chi connectivity index (χ3n) is 9.27. The average Bonchev–Trinajstić information content (AvgIpc) is 3.78. The van der Waals surface area contributed by atoms with Gasteiger partial charge in [-0.2, -0.15) is 5.26 Å². The van der Waals surface area contributed by atoms with Crippen LogP contribution in [0.4, 0.5) is 22.7 Å². The molecule has 0 fully saturated rings. The van der Waals surface area contributed by atoms with Crippen LogP contribution in [0.3, 0.4) is 0 Å². The molecule has 7 nitrogen and oxygen atoms in total. The molecule has 0 aliphatic rings. The van der Waals surface area contributed by atoms with Crippen LogP contribution >= 0.6 is 0 Å². The van der Waals surface area contributed by atoms with Crippen molar-refractivity contribution in [2.24, 2.45) is 0 Å². The minimum Gasteiger partial charge on any atom is -0.456 e. The van der Waals surface area contributed by atoms with Crippen molar-refractivity contribution in [3.05, 3.63) is 162 Å². The van der Waals surface area contributed by atoms with E-state index in [0.29, 0.717) is 28.2 Å². The standard InChI is InChI=1S/C44H26N4O3/c1-46-34-11-18-40-43(24-34)51-44(47-40)29-7-14-36(15-8-29)48(35-12-2-27(26-49)3-13-35)37-16-9-31-21-30(5-6-32(31)22-37)33-10-17-38-39-20-28(25-45)4-19-41(39)50-42(38)23-33/h2-24,49H,26H2. The van der Waals surface area contributed by atoms with Gasteiger partial charge < -0.3 is 18.8 Å². The number of furan rings is 1. The first-order chi connectivity index (χ1) is 25.1. The van der Waals surface area contributed by atoms with E-state index in [-0.39, 0.29) is 6.61 Å². The van der Waals surface area contributed by atoms with Gasteiger partial charge in [-0.3, -0.25) is 0 Å². The molecule has 9 aromatic rings. The molecule has 0 saturated heterocycles. The largest absolute Gasteiger partial charge is 0.456 e. The molecular weight excluding hydrogens is 633 g/mol. The van der Waals surface area contributed by atoms with Crippen molar-refractivity contribution in [1.82, 2.24) is 4.98 Å². The zero-order valence-electron chi connectivity index (χ0n) is 27.0. The zero-order chi connectivity index (χ0) is 34.5. The molecule has 240 valence electrons. The summed E-state index contributed by atoms with van der Waals surface area (Å²) in [4.78, 5) is 10.3. The molecule has 0 saturated carbocycles. The number of hydrogen-bond acceptors (Lipinski definition) is 6. The van der Waals surface area contributed by atoms with Gasteiger partial charge in [0.2, 0.25) is 5.89 Å². The van der Waals surface area contributed by atoms with Gasteiger partial charge in [0.05, 0.1) is 24.8 Å². The third-order valence-corrected chi connectivity index (χ3v) is 9.27. The summed E-state index contributed by atoms with van der Waals surface area (Å²) in [6, 6.07) is 48.0. The quantitative estimate of drug-likeness (QED) is 0.179. The van der Waals surface area contributed by atoms with Gasteiger partial charge in [0, 0.05) is 33.4 Å². The van der Waals surface area contributed by atoms with Gasteiger partial charge in [-0.25, -0.2) is 9.83 Å². The Balaban J connectivity index is 1.07. The Bertz CT molecular complexity index is 2870. The van der Waals surface area contributed by atoms with E-state index in [9.17, 15) is 10.4 Å². The maximum atomic E-state index is 9.69. The fraction of sp³-hybridized carbons (Fsp3) is 0.0227. The summed E-state index contributed by atoms with van der Waals surface area (Å²) < 4.78 is 12.2. The predicted octanol–water partition coefficient (Wildman–Crippen LogP) is 11.6. The predicted molar refractivity (Wildman–Crippen MR) is 201 cm³/mol. The highest BCUT2D eigenvalue weighted by Gasteiger charge is 2.16. The molecule has 9 rings (SSSR count). The number of oxazole rings is 1. The summed E-state index contributed by atoms with van der Waals surface area (Å²) in [6.45, 7) is 7.27. The van der Waals surface area contributed by atoms with E-state index in [1.807, 2.05) is 60.7 Å². The van der Waals surface area contributed by atoms with Crippen LogP contribution in [0.2, 0.25) is 0 Å². The molecule has 0 atom stereocenters. The molecule has 0 unspecified atom stereocenters. The number of aliphatic hydroxyl groups excluding tert-OH is 1. The van der Waals surface area contributed by atoms with Crippen molar-refractivity contribution in [2.45, 2.75) is 6.61 Å². The van der Waals surface area contributed by atoms with E-state index >= 15 is 0 Å². The molecule has 0 amide bonds. The summed E-state index contributed by atoms with van der Waals surface area (Å²) in [5.41, 5.74) is 10.6. The Kier molecular flexibility index (Phi) is 7.07. The summed E-state index contributed by atoms with van der Waals surface area (Å²) in [5, 5.41) is 23.2. The van der Waals surface area contributed by atoms with Gasteiger partial charge >= 0.3 is 0 Å². The third kappa shape index (κ3) is 5.32. The van der Waals surface area contributed by atoms with Crippen LogP contribution in [0, 0.1) is 17.9 Å². The number of nitriles is 1. The zero-order valence-corrected chi connectivity index (χ0v) is 27.0. The van der Waals surface area contributed by atoms with Gasteiger partial charge in [-0.15, -0.1) is 0 Å². The number of anilines is 3. The monoisotopic (exact) mass is 658 g/mol. The molecule has 1 N–H and O–H groups in total. The van der Waals surface area contributed by atoms with E-state index < -0.39 is 0 Å². The normalized spacial score (nSPS) is 11.3. The number of hydrogen-bond donors (Lipinski definition) is 1. The first-order valence-corrected chi connectivity index (χ1v) is 16.4. The second-order valence-corrected chi connectivity index (χ2v) is 12.4. The van der Waals surface area contributed by atoms with Crippen molar-refractivity contribution in [3.63, 3.8) is 0 Å². The summed E-state index contributed by atoms with van der Waals surface area (Å²) >= 11 is 0. The molecule has 51 heavy (non-hydrogen) atoms. The number of fused-ring (bicyclic) bond motifs is 5. The fourth-order valence-electron chi connectivity index (χ4n) is 6.64. The Labute approximate surface area is 292 Å². The number of nitrogens with zero attached hydrogens (tertiary/aromatic N) is 4. The lowest BCUT2D eigenvalue weighted by molar-refractivity contribution is 0.282. The van der Waals surface area contributed by atoms with E-state index in [0.717, 1.165) is 72.0 Å². The van der Waals surface area contributed by atoms with Gasteiger partial charge in [0.15, 0.2) is 5.69 Å². The second kappa shape index (κ2) is 12.0. The van der Waals surface area contributed by atoms with Crippen molar-refractivity contribution < 1.29 is 13.9 Å². The lowest BCUT2D eigenvalue weighted by atomic mass is 9.99. The van der Waals surface area contributed by atoms with Crippen LogP contribution in [0.5, 0.6) is 0 Å². The Morgan fingerprint density at radius 3 is 2.12 bits per heavy atom. The lowest BCUT2D eigenvalue weighted by Gasteiger charge is -2.26. The lowest BCUT2D eigenvalue weighted by Crippen LogP contribution is -2.10. The first kappa shape index (κ1) is 29.9. The molecule has 0 radical (unpaired) electrons. The highest BCUT2D eigenvalue weighted by Crippen LogP contribution is 2.39. The van der Waals surface area contributed by atoms with Crippen LogP contribution < -0.4 is 4.90 Å². The van der Waals surface area contributed by atoms with Crippen LogP contribution in [0.1, 0.15) is 11.1 Å². The van der Waals surface area contributed by atoms with E-state index in [4.69, 9.17) is 15.4 Å². The van der Waals surface area contributed by atoms with Crippen molar-refractivity contribution >= 4 is 66.6 Å². The van der Waals surface area contributed by atoms with Gasteiger partial charge in [0.1, 0.15) is 22.3 Å². The van der Waals surface area contributed by atoms with E-state index in [1.165, 1.54) is 0 Å². The maximum absolute atomic E-state index is 9.69. The number of aromatic nitrogens is 1. The Hall–Kier alpha value is -7.19. The Morgan fingerprint density at radius 2 is 1.33 bits per heavy atom. The first-order valence-electron chi connectivity index (χ1n) is 16.4. The molecule has 7 heteroatoms. The van der Waals surface area contributed by atoms with E-state index in [2.05, 4.69) is 75.4 Å². The fourth-order valence-corrected chi connectivity index (χ4v) is 6.64. The number of rotatable bonds is 6. The highest BCUT2D eigenvalue weighted by atomic mass is 16.3. The maximum Gasteiger partial charge on any atom is 0.227 e. The molecule has 0 aliphatic heterocycles. The minimum absolute atomic E-state index is 0.0272. The Morgan fingerprint density at radius 1 is 0.627 bits per heavy atom. The SMILES string of the molecule is [C-]#[N+]c1ccc2nc(-c3ccc(N(c4ccc(CO)cc4)c4ccc5cc(-c6ccc7c(c6)oc6ccc(C#N)cc67)ccc5c4)cc3)oc2c1. The average molecular weight is 659 g/mol. The molecular formula is C44H26N4O3. The van der Waals surface area contributed by atoms with Gasteiger partial charge in [0.25, 0.3) is 0 Å². The summed E-state index contributed by atoms with van der Waals surface area (Å²) in [6.07, 6.45) is 0. The molecule has 0 bridgehead atoms. The summed E-state index contributed by atoms with van der Waals surface area (Å²) in [5.74, 6) is 0.492. The number of aliphatic hydroxyl groups is 1. The second-order valence-electron chi connectivity index (χ2n) is 12.4. The van der Waals surface area contributed by atoms with E-state index in [1.54, 1.807) is 24.3 Å². The van der Waals surface area contributed by atoms with Gasteiger partial charge in [-0.05, 0) is 125 Å². The highest BCUT2D eigenvalue weighted by molar-refractivity contribution is 6.06. The minimum atomic E-state index is -0.0272.